The van der Waals surface area contributed by atoms with Crippen LogP contribution in [-0.4, -0.2) is 15.5 Å². The molecule has 0 aliphatic heterocycles. The first kappa shape index (κ1) is 12.9. The Bertz CT molecular complexity index is 744. The molecular formula is C15H15N3OS. The molecule has 20 heavy (non-hydrogen) atoms. The van der Waals surface area contributed by atoms with E-state index in [1.807, 2.05) is 35.8 Å². The second-order valence-corrected chi connectivity index (χ2v) is 5.75. The van der Waals surface area contributed by atoms with E-state index in [2.05, 4.69) is 28.7 Å². The number of para-hydroxylation sites is 1. The highest BCUT2D eigenvalue weighted by atomic mass is 32.1. The van der Waals surface area contributed by atoms with Crippen molar-refractivity contribution in [3.8, 4) is 0 Å². The van der Waals surface area contributed by atoms with Crippen molar-refractivity contribution in [2.45, 2.75) is 19.9 Å². The van der Waals surface area contributed by atoms with Crippen LogP contribution in [0.4, 0.5) is 5.13 Å². The molecule has 2 heterocycles. The Hall–Kier alpha value is -2.14. The van der Waals surface area contributed by atoms with Crippen LogP contribution >= 0.6 is 11.3 Å². The molecule has 3 rings (SSSR count). The van der Waals surface area contributed by atoms with E-state index in [1.54, 1.807) is 6.20 Å². The molecule has 0 aliphatic carbocycles. The van der Waals surface area contributed by atoms with Gasteiger partial charge in [-0.05, 0) is 19.9 Å². The zero-order chi connectivity index (χ0) is 14.1. The quantitative estimate of drug-likeness (QED) is 0.792. The third-order valence-electron chi connectivity index (χ3n) is 3.19. The second kappa shape index (κ2) is 5.09. The van der Waals surface area contributed by atoms with Crippen LogP contribution < -0.4 is 5.32 Å². The summed E-state index contributed by atoms with van der Waals surface area (Å²) < 4.78 is 2.12. The van der Waals surface area contributed by atoms with Crippen LogP contribution in [0.5, 0.6) is 0 Å². The molecule has 0 aliphatic rings. The first-order chi connectivity index (χ1) is 9.66. The molecule has 0 bridgehead atoms. The first-order valence-electron chi connectivity index (χ1n) is 6.47. The van der Waals surface area contributed by atoms with Crippen molar-refractivity contribution in [2.75, 3.05) is 5.32 Å². The Morgan fingerprint density at radius 3 is 2.85 bits per heavy atom. The van der Waals surface area contributed by atoms with Crippen molar-refractivity contribution < 1.29 is 4.79 Å². The molecule has 0 saturated heterocycles. The van der Waals surface area contributed by atoms with Crippen molar-refractivity contribution >= 4 is 33.3 Å². The molecule has 5 heteroatoms. The number of carbonyl (C=O) groups is 1. The van der Waals surface area contributed by atoms with Crippen LogP contribution in [0, 0.1) is 0 Å². The number of thiazole rings is 1. The fourth-order valence-corrected chi connectivity index (χ4v) is 2.79. The Balaban J connectivity index is 2.05. The lowest BCUT2D eigenvalue weighted by atomic mass is 10.1. The normalized spacial score (nSPS) is 11.2. The SMILES string of the molecule is CC(C)n1cc(C(=O)Nc2nccs2)c2ccccc21. The smallest absolute Gasteiger partial charge is 0.259 e. The predicted molar refractivity (Wildman–Crippen MR) is 82.4 cm³/mol. The molecular weight excluding hydrogens is 270 g/mol. The van der Waals surface area contributed by atoms with E-state index in [1.165, 1.54) is 11.3 Å². The minimum Gasteiger partial charge on any atom is -0.344 e. The van der Waals surface area contributed by atoms with E-state index in [4.69, 9.17) is 0 Å². The van der Waals surface area contributed by atoms with Gasteiger partial charge < -0.3 is 4.57 Å². The lowest BCUT2D eigenvalue weighted by molar-refractivity contribution is 0.102. The van der Waals surface area contributed by atoms with E-state index < -0.39 is 0 Å². The minimum absolute atomic E-state index is 0.115. The van der Waals surface area contributed by atoms with Crippen molar-refractivity contribution in [1.29, 1.82) is 0 Å². The topological polar surface area (TPSA) is 46.9 Å². The average molecular weight is 285 g/mol. The number of hydrogen-bond acceptors (Lipinski definition) is 3. The fraction of sp³-hybridized carbons (Fsp3) is 0.200. The van der Waals surface area contributed by atoms with Gasteiger partial charge in [0.15, 0.2) is 5.13 Å². The third kappa shape index (κ3) is 2.20. The summed E-state index contributed by atoms with van der Waals surface area (Å²) in [5.41, 5.74) is 1.76. The largest absolute Gasteiger partial charge is 0.344 e. The van der Waals surface area contributed by atoms with Crippen molar-refractivity contribution in [3.63, 3.8) is 0 Å². The van der Waals surface area contributed by atoms with E-state index in [-0.39, 0.29) is 5.91 Å². The summed E-state index contributed by atoms with van der Waals surface area (Å²) in [6, 6.07) is 8.26. The van der Waals surface area contributed by atoms with Gasteiger partial charge in [0.05, 0.1) is 5.56 Å². The summed E-state index contributed by atoms with van der Waals surface area (Å²) >= 11 is 1.41. The van der Waals surface area contributed by atoms with Gasteiger partial charge in [-0.25, -0.2) is 4.98 Å². The van der Waals surface area contributed by atoms with Gasteiger partial charge in [-0.3, -0.25) is 10.1 Å². The molecule has 3 aromatic rings. The first-order valence-corrected chi connectivity index (χ1v) is 7.35. The molecule has 0 atom stereocenters. The Kier molecular flexibility index (Phi) is 3.28. The lowest BCUT2D eigenvalue weighted by Gasteiger charge is -2.08. The number of carbonyl (C=O) groups excluding carboxylic acids is 1. The van der Waals surface area contributed by atoms with Crippen LogP contribution in [0.3, 0.4) is 0 Å². The van der Waals surface area contributed by atoms with Crippen molar-refractivity contribution in [2.24, 2.45) is 0 Å². The molecule has 102 valence electrons. The number of hydrogen-bond donors (Lipinski definition) is 1. The van der Waals surface area contributed by atoms with Crippen molar-refractivity contribution in [3.05, 3.63) is 47.6 Å². The summed E-state index contributed by atoms with van der Waals surface area (Å²) in [6.07, 6.45) is 3.59. The van der Waals surface area contributed by atoms with E-state index in [0.717, 1.165) is 10.9 Å². The number of anilines is 1. The van der Waals surface area contributed by atoms with Crippen LogP contribution in [0.2, 0.25) is 0 Å². The predicted octanol–water partition coefficient (Wildman–Crippen LogP) is 3.93. The summed E-state index contributed by atoms with van der Waals surface area (Å²) in [5, 5.41) is 6.27. The molecule has 1 amide bonds. The number of fused-ring (bicyclic) bond motifs is 1. The highest BCUT2D eigenvalue weighted by Crippen LogP contribution is 2.25. The molecule has 0 saturated carbocycles. The Labute approximate surface area is 121 Å². The third-order valence-corrected chi connectivity index (χ3v) is 3.88. The van der Waals surface area contributed by atoms with Gasteiger partial charge in [0.25, 0.3) is 5.91 Å². The van der Waals surface area contributed by atoms with Crippen LogP contribution in [0.15, 0.2) is 42.0 Å². The molecule has 0 unspecified atom stereocenters. The molecule has 4 nitrogen and oxygen atoms in total. The van der Waals surface area contributed by atoms with E-state index in [9.17, 15) is 4.79 Å². The number of nitrogens with one attached hydrogen (secondary N) is 1. The Morgan fingerprint density at radius 2 is 2.15 bits per heavy atom. The number of aromatic nitrogens is 2. The number of benzene rings is 1. The van der Waals surface area contributed by atoms with Gasteiger partial charge in [0, 0.05) is 34.7 Å². The summed E-state index contributed by atoms with van der Waals surface area (Å²) in [7, 11) is 0. The second-order valence-electron chi connectivity index (χ2n) is 4.85. The molecule has 0 radical (unpaired) electrons. The fourth-order valence-electron chi connectivity index (χ4n) is 2.26. The van der Waals surface area contributed by atoms with Crippen LogP contribution in [0.25, 0.3) is 10.9 Å². The van der Waals surface area contributed by atoms with E-state index >= 15 is 0 Å². The van der Waals surface area contributed by atoms with Gasteiger partial charge in [0.2, 0.25) is 0 Å². The van der Waals surface area contributed by atoms with Gasteiger partial charge in [-0.1, -0.05) is 18.2 Å². The van der Waals surface area contributed by atoms with Gasteiger partial charge in [0.1, 0.15) is 0 Å². The minimum atomic E-state index is -0.115. The monoisotopic (exact) mass is 285 g/mol. The van der Waals surface area contributed by atoms with Gasteiger partial charge in [-0.2, -0.15) is 0 Å². The maximum Gasteiger partial charge on any atom is 0.259 e. The molecule has 2 aromatic heterocycles. The highest BCUT2D eigenvalue weighted by molar-refractivity contribution is 7.13. The number of amides is 1. The number of rotatable bonds is 3. The standard InChI is InChI=1S/C15H15N3OS/c1-10(2)18-9-12(11-5-3-4-6-13(11)18)14(19)17-15-16-7-8-20-15/h3-10H,1-2H3,(H,16,17,19). The molecule has 0 spiro atoms. The molecule has 1 N–H and O–H groups in total. The summed E-state index contributed by atoms with van der Waals surface area (Å²) in [4.78, 5) is 16.5. The summed E-state index contributed by atoms with van der Waals surface area (Å²) in [5.74, 6) is -0.115. The lowest BCUT2D eigenvalue weighted by Crippen LogP contribution is -2.11. The highest BCUT2D eigenvalue weighted by Gasteiger charge is 2.16. The summed E-state index contributed by atoms with van der Waals surface area (Å²) in [6.45, 7) is 4.21. The van der Waals surface area contributed by atoms with Gasteiger partial charge >= 0.3 is 0 Å². The molecule has 0 fully saturated rings. The number of nitrogens with zero attached hydrogens (tertiary/aromatic N) is 2. The maximum absolute atomic E-state index is 12.4. The zero-order valence-corrected chi connectivity index (χ0v) is 12.1. The average Bonchev–Trinajstić information content (AvgIpc) is 3.05. The van der Waals surface area contributed by atoms with Crippen LogP contribution in [0.1, 0.15) is 30.2 Å². The van der Waals surface area contributed by atoms with Gasteiger partial charge in [-0.15, -0.1) is 11.3 Å². The van der Waals surface area contributed by atoms with Crippen LogP contribution in [-0.2, 0) is 0 Å². The van der Waals surface area contributed by atoms with E-state index in [0.29, 0.717) is 16.7 Å². The zero-order valence-electron chi connectivity index (χ0n) is 11.3. The van der Waals surface area contributed by atoms with Crippen molar-refractivity contribution in [1.82, 2.24) is 9.55 Å². The molecule has 1 aromatic carbocycles. The Morgan fingerprint density at radius 1 is 1.35 bits per heavy atom. The maximum atomic E-state index is 12.4.